The van der Waals surface area contributed by atoms with Crippen molar-refractivity contribution >= 4 is 5.91 Å². The van der Waals surface area contributed by atoms with Gasteiger partial charge in [0.15, 0.2) is 0 Å². The van der Waals surface area contributed by atoms with E-state index in [-0.39, 0.29) is 31.2 Å². The predicted octanol–water partition coefficient (Wildman–Crippen LogP) is 0.400. The van der Waals surface area contributed by atoms with Crippen molar-refractivity contribution in [1.82, 2.24) is 4.90 Å². The van der Waals surface area contributed by atoms with Gasteiger partial charge in [-0.15, -0.1) is 0 Å². The summed E-state index contributed by atoms with van der Waals surface area (Å²) in [4.78, 5) is 13.3. The van der Waals surface area contributed by atoms with Gasteiger partial charge in [-0.25, -0.2) is 0 Å². The van der Waals surface area contributed by atoms with Gasteiger partial charge in [0.1, 0.15) is 5.75 Å². The number of aromatic hydroxyl groups is 1. The molecular weight excluding hydrogens is 234 g/mol. The Bertz CT molecular complexity index is 394. The minimum atomic E-state index is -0.687. The second-order valence-electron chi connectivity index (χ2n) is 4.23. The van der Waals surface area contributed by atoms with Gasteiger partial charge >= 0.3 is 0 Å². The number of phenols is 1. The summed E-state index contributed by atoms with van der Waals surface area (Å²) in [6.45, 7) is 0.426. The van der Waals surface area contributed by atoms with Crippen LogP contribution in [0.4, 0.5) is 0 Å². The van der Waals surface area contributed by atoms with E-state index >= 15 is 0 Å². The van der Waals surface area contributed by atoms with Gasteiger partial charge in [-0.1, -0.05) is 12.1 Å². The smallest absolute Gasteiger partial charge is 0.226 e. The molecule has 1 aromatic carbocycles. The molecule has 5 nitrogen and oxygen atoms in total. The molecule has 100 valence electrons. The number of methoxy groups -OCH3 is 1. The monoisotopic (exact) mass is 253 g/mol. The Labute approximate surface area is 107 Å². The minimum absolute atomic E-state index is 0.115. The number of nitrogens with zero attached hydrogens (tertiary/aromatic N) is 1. The summed E-state index contributed by atoms with van der Waals surface area (Å²) < 4.78 is 4.80. The number of aliphatic hydroxyl groups excluding tert-OH is 1. The zero-order valence-electron chi connectivity index (χ0n) is 10.7. The molecule has 0 aliphatic carbocycles. The lowest BCUT2D eigenvalue weighted by atomic mass is 10.1. The van der Waals surface area contributed by atoms with E-state index in [1.54, 1.807) is 31.3 Å². The molecular formula is C13H19NO4. The number of amides is 1. The molecule has 1 rings (SSSR count). The molecule has 0 spiro atoms. The highest BCUT2D eigenvalue weighted by atomic mass is 16.5. The largest absolute Gasteiger partial charge is 0.508 e. The Morgan fingerprint density at radius 1 is 1.50 bits per heavy atom. The molecule has 0 aromatic heterocycles. The van der Waals surface area contributed by atoms with Gasteiger partial charge in [-0.3, -0.25) is 4.79 Å². The lowest BCUT2D eigenvalue weighted by Gasteiger charge is -2.20. The van der Waals surface area contributed by atoms with E-state index in [4.69, 9.17) is 4.74 Å². The van der Waals surface area contributed by atoms with Gasteiger partial charge in [0.2, 0.25) is 5.91 Å². The molecule has 18 heavy (non-hydrogen) atoms. The fourth-order valence-corrected chi connectivity index (χ4v) is 1.64. The van der Waals surface area contributed by atoms with E-state index in [0.717, 1.165) is 5.56 Å². The van der Waals surface area contributed by atoms with Crippen LogP contribution in [0.3, 0.4) is 0 Å². The van der Waals surface area contributed by atoms with Gasteiger partial charge in [0.25, 0.3) is 0 Å². The van der Waals surface area contributed by atoms with Crippen LogP contribution in [0.1, 0.15) is 5.56 Å². The van der Waals surface area contributed by atoms with Crippen molar-refractivity contribution in [2.45, 2.75) is 12.5 Å². The van der Waals surface area contributed by atoms with E-state index < -0.39 is 6.10 Å². The van der Waals surface area contributed by atoms with Crippen molar-refractivity contribution in [1.29, 1.82) is 0 Å². The second kappa shape index (κ2) is 6.98. The van der Waals surface area contributed by atoms with E-state index in [2.05, 4.69) is 0 Å². The first-order valence-corrected chi connectivity index (χ1v) is 5.71. The van der Waals surface area contributed by atoms with Gasteiger partial charge in [0.05, 0.1) is 19.1 Å². The minimum Gasteiger partial charge on any atom is -0.508 e. The molecule has 1 amide bonds. The number of ether oxygens (including phenoxy) is 1. The van der Waals surface area contributed by atoms with E-state index in [9.17, 15) is 15.0 Å². The third-order valence-corrected chi connectivity index (χ3v) is 2.54. The molecule has 1 aromatic rings. The van der Waals surface area contributed by atoms with Crippen molar-refractivity contribution in [2.75, 3.05) is 27.3 Å². The van der Waals surface area contributed by atoms with Crippen LogP contribution in [-0.2, 0) is 16.0 Å². The number of likely N-dealkylation sites (N-methyl/N-ethyl adjacent to an activating group) is 1. The first kappa shape index (κ1) is 14.5. The van der Waals surface area contributed by atoms with Crippen molar-refractivity contribution < 1.29 is 19.7 Å². The summed E-state index contributed by atoms with van der Waals surface area (Å²) in [5, 5.41) is 18.8. The number of carbonyl (C=O) groups excluding carboxylic acids is 1. The van der Waals surface area contributed by atoms with Gasteiger partial charge in [-0.05, 0) is 17.7 Å². The summed E-state index contributed by atoms with van der Waals surface area (Å²) in [5.41, 5.74) is 0.744. The number of aliphatic hydroxyl groups is 1. The quantitative estimate of drug-likeness (QED) is 0.770. The van der Waals surface area contributed by atoms with Crippen LogP contribution < -0.4 is 0 Å². The molecule has 5 heteroatoms. The topological polar surface area (TPSA) is 70.0 Å². The third kappa shape index (κ3) is 4.73. The first-order valence-electron chi connectivity index (χ1n) is 5.71. The number of rotatable bonds is 6. The van der Waals surface area contributed by atoms with Crippen molar-refractivity contribution in [3.8, 4) is 5.75 Å². The lowest BCUT2D eigenvalue weighted by molar-refractivity contribution is -0.130. The highest BCUT2D eigenvalue weighted by molar-refractivity contribution is 5.78. The number of phenolic OH excluding ortho intramolecular Hbond substituents is 1. The zero-order valence-corrected chi connectivity index (χ0v) is 10.7. The molecule has 0 heterocycles. The highest BCUT2D eigenvalue weighted by Gasteiger charge is 2.14. The summed E-state index contributed by atoms with van der Waals surface area (Å²) in [6, 6.07) is 6.58. The second-order valence-corrected chi connectivity index (χ2v) is 4.23. The molecule has 0 aliphatic rings. The standard InChI is InChI=1S/C13H19NO4/c1-14(8-12(16)9-18-2)13(17)7-10-4-3-5-11(15)6-10/h3-6,12,15-16H,7-9H2,1-2H3. The lowest BCUT2D eigenvalue weighted by Crippen LogP contribution is -2.37. The van der Waals surface area contributed by atoms with E-state index in [1.807, 2.05) is 0 Å². The Kier molecular flexibility index (Phi) is 5.61. The molecule has 0 bridgehead atoms. The van der Waals surface area contributed by atoms with Crippen LogP contribution in [0.5, 0.6) is 5.75 Å². The van der Waals surface area contributed by atoms with Gasteiger partial charge in [0, 0.05) is 20.7 Å². The Morgan fingerprint density at radius 3 is 2.83 bits per heavy atom. The van der Waals surface area contributed by atoms with Crippen LogP contribution in [0, 0.1) is 0 Å². The van der Waals surface area contributed by atoms with Gasteiger partial charge in [-0.2, -0.15) is 0 Å². The van der Waals surface area contributed by atoms with Crippen LogP contribution in [0.25, 0.3) is 0 Å². The van der Waals surface area contributed by atoms with Crippen LogP contribution in [-0.4, -0.2) is 54.4 Å². The molecule has 1 atom stereocenters. The predicted molar refractivity (Wildman–Crippen MR) is 67.3 cm³/mol. The fourth-order valence-electron chi connectivity index (χ4n) is 1.64. The van der Waals surface area contributed by atoms with Gasteiger partial charge < -0.3 is 19.8 Å². The fraction of sp³-hybridized carbons (Fsp3) is 0.462. The summed E-state index contributed by atoms with van der Waals surface area (Å²) in [5.74, 6) is 0.0260. The van der Waals surface area contributed by atoms with Crippen LogP contribution in [0.2, 0.25) is 0 Å². The number of benzene rings is 1. The number of hydrogen-bond acceptors (Lipinski definition) is 4. The molecule has 1 unspecified atom stereocenters. The molecule has 0 aliphatic heterocycles. The van der Waals surface area contributed by atoms with Crippen LogP contribution >= 0.6 is 0 Å². The SMILES string of the molecule is COCC(O)CN(C)C(=O)Cc1cccc(O)c1. The molecule has 0 radical (unpaired) electrons. The van der Waals surface area contributed by atoms with Crippen molar-refractivity contribution in [3.63, 3.8) is 0 Å². The Morgan fingerprint density at radius 2 is 2.22 bits per heavy atom. The summed E-state index contributed by atoms with van der Waals surface area (Å²) in [7, 11) is 3.13. The number of hydrogen-bond donors (Lipinski definition) is 2. The normalized spacial score (nSPS) is 12.2. The Balaban J connectivity index is 2.49. The maximum Gasteiger partial charge on any atom is 0.226 e. The summed E-state index contributed by atoms with van der Waals surface area (Å²) in [6.07, 6.45) is -0.488. The van der Waals surface area contributed by atoms with E-state index in [0.29, 0.717) is 0 Å². The van der Waals surface area contributed by atoms with E-state index in [1.165, 1.54) is 12.0 Å². The first-order chi connectivity index (χ1) is 8.52. The summed E-state index contributed by atoms with van der Waals surface area (Å²) >= 11 is 0. The Hall–Kier alpha value is -1.59. The highest BCUT2D eigenvalue weighted by Crippen LogP contribution is 2.12. The van der Waals surface area contributed by atoms with Crippen molar-refractivity contribution in [3.05, 3.63) is 29.8 Å². The average Bonchev–Trinajstić information content (AvgIpc) is 2.29. The molecule has 0 fully saturated rings. The maximum absolute atomic E-state index is 11.9. The maximum atomic E-state index is 11.9. The van der Waals surface area contributed by atoms with Crippen LogP contribution in [0.15, 0.2) is 24.3 Å². The molecule has 0 saturated heterocycles. The molecule has 2 N–H and O–H groups in total. The zero-order chi connectivity index (χ0) is 13.5. The van der Waals surface area contributed by atoms with Crippen molar-refractivity contribution in [2.24, 2.45) is 0 Å². The number of carbonyl (C=O) groups is 1. The molecule has 0 saturated carbocycles. The third-order valence-electron chi connectivity index (χ3n) is 2.54. The average molecular weight is 253 g/mol.